The van der Waals surface area contributed by atoms with Gasteiger partial charge < -0.3 is 14.4 Å². The molecule has 0 spiro atoms. The number of aromatic nitrogens is 1. The number of thiophene rings is 1. The molecule has 1 fully saturated rings. The van der Waals surface area contributed by atoms with Crippen LogP contribution in [0.4, 0.5) is 15.3 Å². The van der Waals surface area contributed by atoms with Gasteiger partial charge in [-0.25, -0.2) is 14.6 Å². The number of hydrogen-bond acceptors (Lipinski definition) is 7. The van der Waals surface area contributed by atoms with E-state index in [1.54, 1.807) is 27.6 Å². The van der Waals surface area contributed by atoms with E-state index >= 15 is 0 Å². The molecule has 0 aliphatic carbocycles. The number of nitrogens with zero attached hydrogens (tertiary/aromatic N) is 2. The van der Waals surface area contributed by atoms with Crippen LogP contribution in [0.1, 0.15) is 33.6 Å². The smallest absolute Gasteiger partial charge is 0.411 e. The minimum atomic E-state index is -0.504. The summed E-state index contributed by atoms with van der Waals surface area (Å²) in [6, 6.07) is 9.64. The Labute approximate surface area is 207 Å². The third-order valence-electron chi connectivity index (χ3n) is 5.43. The van der Waals surface area contributed by atoms with Crippen molar-refractivity contribution in [2.75, 3.05) is 25.0 Å². The predicted octanol–water partition coefficient (Wildman–Crippen LogP) is 6.73. The molecule has 1 aliphatic rings. The molecule has 180 valence electrons. The topological polar surface area (TPSA) is 80.8 Å². The Hall–Kier alpha value is -2.91. The molecule has 0 unspecified atom stereocenters. The summed E-state index contributed by atoms with van der Waals surface area (Å²) in [4.78, 5) is 31.2. The Morgan fingerprint density at radius 1 is 1.15 bits per heavy atom. The van der Waals surface area contributed by atoms with Crippen LogP contribution in [-0.4, -0.2) is 47.4 Å². The summed E-state index contributed by atoms with van der Waals surface area (Å²) in [5.74, 6) is 0.215. The van der Waals surface area contributed by atoms with Gasteiger partial charge >= 0.3 is 12.2 Å². The lowest BCUT2D eigenvalue weighted by Gasteiger charge is -2.33. The minimum Gasteiger partial charge on any atom is -0.449 e. The second-order valence-electron chi connectivity index (χ2n) is 9.23. The zero-order valence-corrected chi connectivity index (χ0v) is 21.2. The van der Waals surface area contributed by atoms with Crippen molar-refractivity contribution in [1.29, 1.82) is 0 Å². The molecular weight excluding hydrogens is 470 g/mol. The average Bonchev–Trinajstić information content (AvgIpc) is 3.49. The largest absolute Gasteiger partial charge is 0.449 e. The summed E-state index contributed by atoms with van der Waals surface area (Å²) >= 11 is 3.18. The number of ether oxygens (including phenoxy) is 2. The first-order valence-corrected chi connectivity index (χ1v) is 13.1. The summed E-state index contributed by atoms with van der Waals surface area (Å²) in [6.07, 6.45) is 0.767. The summed E-state index contributed by atoms with van der Waals surface area (Å²) in [5, 5.41) is 9.83. The summed E-state index contributed by atoms with van der Waals surface area (Å²) < 4.78 is 11.0. The summed E-state index contributed by atoms with van der Waals surface area (Å²) in [7, 11) is 0. The van der Waals surface area contributed by atoms with Crippen LogP contribution < -0.4 is 5.32 Å². The fourth-order valence-electron chi connectivity index (χ4n) is 3.67. The van der Waals surface area contributed by atoms with E-state index in [4.69, 9.17) is 14.5 Å². The number of nitrogens with one attached hydrogen (secondary N) is 1. The number of amides is 2. The lowest BCUT2D eigenvalue weighted by Crippen LogP contribution is -2.42. The van der Waals surface area contributed by atoms with Gasteiger partial charge in [0.05, 0.1) is 18.0 Å². The molecule has 4 rings (SSSR count). The highest BCUT2D eigenvalue weighted by Crippen LogP contribution is 2.34. The number of anilines is 1. The molecule has 1 aliphatic heterocycles. The SMILES string of the molecule is CC(C)(C)OC(=O)N1CCC(COC(=O)Nc2ccccc2-c2nc(-c3ccsc3)cs2)CC1. The number of thiazole rings is 1. The van der Waals surface area contributed by atoms with Crippen LogP contribution in [0.3, 0.4) is 0 Å². The van der Waals surface area contributed by atoms with Crippen molar-refractivity contribution in [3.63, 3.8) is 0 Å². The molecule has 1 aromatic carbocycles. The van der Waals surface area contributed by atoms with Gasteiger partial charge in [-0.05, 0) is 63.1 Å². The van der Waals surface area contributed by atoms with E-state index in [-0.39, 0.29) is 12.0 Å². The number of benzene rings is 1. The maximum absolute atomic E-state index is 12.5. The van der Waals surface area contributed by atoms with Gasteiger partial charge in [-0.1, -0.05) is 12.1 Å². The number of rotatable bonds is 5. The first-order valence-electron chi connectivity index (χ1n) is 11.3. The van der Waals surface area contributed by atoms with Gasteiger partial charge in [-0.2, -0.15) is 11.3 Å². The molecule has 7 nitrogen and oxygen atoms in total. The normalized spacial score (nSPS) is 14.6. The van der Waals surface area contributed by atoms with Gasteiger partial charge in [0.15, 0.2) is 0 Å². The number of para-hydroxylation sites is 1. The highest BCUT2D eigenvalue weighted by atomic mass is 32.1. The zero-order chi connectivity index (χ0) is 24.1. The average molecular weight is 500 g/mol. The number of piperidine rings is 1. The molecule has 2 amide bonds. The van der Waals surface area contributed by atoms with Gasteiger partial charge in [0, 0.05) is 35.0 Å². The molecule has 3 heterocycles. The first-order chi connectivity index (χ1) is 16.3. The Balaban J connectivity index is 1.29. The van der Waals surface area contributed by atoms with Crippen LogP contribution in [0.2, 0.25) is 0 Å². The molecule has 0 radical (unpaired) electrons. The first kappa shape index (κ1) is 24.2. The number of likely N-dealkylation sites (tertiary alicyclic amines) is 1. The van der Waals surface area contributed by atoms with Crippen molar-refractivity contribution < 1.29 is 19.1 Å². The molecule has 2 aromatic heterocycles. The van der Waals surface area contributed by atoms with E-state index in [1.165, 1.54) is 0 Å². The molecular formula is C25H29N3O4S2. The van der Waals surface area contributed by atoms with Crippen molar-refractivity contribution in [2.24, 2.45) is 5.92 Å². The van der Waals surface area contributed by atoms with Crippen molar-refractivity contribution in [2.45, 2.75) is 39.2 Å². The molecule has 1 N–H and O–H groups in total. The second-order valence-corrected chi connectivity index (χ2v) is 10.9. The van der Waals surface area contributed by atoms with Gasteiger partial charge in [-0.3, -0.25) is 5.32 Å². The van der Waals surface area contributed by atoms with Gasteiger partial charge in [-0.15, -0.1) is 11.3 Å². The Kier molecular flexibility index (Phi) is 7.53. The fraction of sp³-hybridized carbons (Fsp3) is 0.400. The van der Waals surface area contributed by atoms with Crippen LogP contribution in [0.5, 0.6) is 0 Å². The molecule has 0 bridgehead atoms. The lowest BCUT2D eigenvalue weighted by atomic mass is 9.98. The molecule has 9 heteroatoms. The van der Waals surface area contributed by atoms with Gasteiger partial charge in [0.25, 0.3) is 0 Å². The lowest BCUT2D eigenvalue weighted by molar-refractivity contribution is 0.0153. The third-order valence-corrected chi connectivity index (χ3v) is 6.99. The Morgan fingerprint density at radius 2 is 1.91 bits per heavy atom. The summed E-state index contributed by atoms with van der Waals surface area (Å²) in [5.41, 5.74) is 3.04. The predicted molar refractivity (Wildman–Crippen MR) is 136 cm³/mol. The Bertz CT molecular complexity index is 1110. The van der Waals surface area contributed by atoms with Gasteiger partial charge in [0.2, 0.25) is 0 Å². The van der Waals surface area contributed by atoms with Crippen LogP contribution in [-0.2, 0) is 9.47 Å². The van der Waals surface area contributed by atoms with Crippen LogP contribution in [0.25, 0.3) is 21.8 Å². The molecule has 0 atom stereocenters. The summed E-state index contributed by atoms with van der Waals surface area (Å²) in [6.45, 7) is 7.10. The standard InChI is InChI=1S/C25H29N3O4S2/c1-25(2,3)32-24(30)28-11-8-17(9-12-28)14-31-23(29)27-20-7-5-4-6-19(20)22-26-21(16-34-22)18-10-13-33-15-18/h4-7,10,13,15-17H,8-9,11-12,14H2,1-3H3,(H,27,29). The second kappa shape index (κ2) is 10.6. The fourth-order valence-corrected chi connectivity index (χ4v) is 5.18. The van der Waals surface area contributed by atoms with E-state index in [1.807, 2.05) is 61.9 Å². The maximum Gasteiger partial charge on any atom is 0.411 e. The van der Waals surface area contributed by atoms with E-state index in [9.17, 15) is 9.59 Å². The maximum atomic E-state index is 12.5. The van der Waals surface area contributed by atoms with Crippen LogP contribution in [0.15, 0.2) is 46.5 Å². The van der Waals surface area contributed by atoms with Crippen molar-refractivity contribution in [3.8, 4) is 21.8 Å². The van der Waals surface area contributed by atoms with E-state index < -0.39 is 11.7 Å². The third kappa shape index (κ3) is 6.36. The van der Waals surface area contributed by atoms with Gasteiger partial charge in [0.1, 0.15) is 10.6 Å². The van der Waals surface area contributed by atoms with E-state index in [0.29, 0.717) is 25.4 Å². The Morgan fingerprint density at radius 3 is 2.62 bits per heavy atom. The van der Waals surface area contributed by atoms with Crippen molar-refractivity contribution in [3.05, 3.63) is 46.5 Å². The van der Waals surface area contributed by atoms with Crippen LogP contribution in [0, 0.1) is 5.92 Å². The monoisotopic (exact) mass is 499 g/mol. The van der Waals surface area contributed by atoms with Crippen molar-refractivity contribution >= 4 is 40.5 Å². The number of hydrogen-bond donors (Lipinski definition) is 1. The van der Waals surface area contributed by atoms with Crippen LogP contribution >= 0.6 is 22.7 Å². The zero-order valence-electron chi connectivity index (χ0n) is 19.6. The van der Waals surface area contributed by atoms with E-state index in [0.717, 1.165) is 34.7 Å². The van der Waals surface area contributed by atoms with Crippen molar-refractivity contribution in [1.82, 2.24) is 9.88 Å². The molecule has 0 saturated carbocycles. The molecule has 3 aromatic rings. The minimum absolute atomic E-state index is 0.215. The number of carbonyl (C=O) groups excluding carboxylic acids is 2. The highest BCUT2D eigenvalue weighted by molar-refractivity contribution is 7.13. The van der Waals surface area contributed by atoms with E-state index in [2.05, 4.69) is 10.7 Å². The molecule has 1 saturated heterocycles. The molecule has 34 heavy (non-hydrogen) atoms. The number of carbonyl (C=O) groups is 2. The highest BCUT2D eigenvalue weighted by Gasteiger charge is 2.27. The quantitative estimate of drug-likeness (QED) is 0.421.